The SMILES string of the molecule is COc1ccc(S(=O)(=O)Nc2cc(C)cc(-c3ccc(C#N)c(C)c3)c2)cc1. The van der Waals surface area contributed by atoms with E-state index < -0.39 is 10.0 Å². The van der Waals surface area contributed by atoms with Crippen molar-refractivity contribution in [1.82, 2.24) is 0 Å². The summed E-state index contributed by atoms with van der Waals surface area (Å²) in [6.45, 7) is 3.79. The molecule has 3 aromatic carbocycles. The minimum absolute atomic E-state index is 0.158. The summed E-state index contributed by atoms with van der Waals surface area (Å²) in [7, 11) is -2.19. The largest absolute Gasteiger partial charge is 0.497 e. The van der Waals surface area contributed by atoms with Gasteiger partial charge in [-0.1, -0.05) is 18.2 Å². The van der Waals surface area contributed by atoms with Gasteiger partial charge in [-0.25, -0.2) is 8.42 Å². The second-order valence-corrected chi connectivity index (χ2v) is 8.19. The van der Waals surface area contributed by atoms with Gasteiger partial charge in [0.2, 0.25) is 0 Å². The highest BCUT2D eigenvalue weighted by Crippen LogP contribution is 2.28. The minimum Gasteiger partial charge on any atom is -0.497 e. The van der Waals surface area contributed by atoms with Gasteiger partial charge in [-0.3, -0.25) is 4.72 Å². The van der Waals surface area contributed by atoms with Gasteiger partial charge in [-0.15, -0.1) is 0 Å². The molecule has 0 aliphatic heterocycles. The van der Waals surface area contributed by atoms with Crippen molar-refractivity contribution in [3.63, 3.8) is 0 Å². The Balaban J connectivity index is 1.95. The highest BCUT2D eigenvalue weighted by Gasteiger charge is 2.15. The molecule has 0 atom stereocenters. The van der Waals surface area contributed by atoms with Gasteiger partial charge >= 0.3 is 0 Å². The van der Waals surface area contributed by atoms with Crippen LogP contribution in [-0.2, 0) is 10.0 Å². The average molecular weight is 392 g/mol. The molecule has 0 radical (unpaired) electrons. The van der Waals surface area contributed by atoms with Crippen LogP contribution in [0.3, 0.4) is 0 Å². The fourth-order valence-corrected chi connectivity index (χ4v) is 3.99. The van der Waals surface area contributed by atoms with Crippen LogP contribution in [0.1, 0.15) is 16.7 Å². The maximum absolute atomic E-state index is 12.7. The zero-order valence-electron chi connectivity index (χ0n) is 15.9. The monoisotopic (exact) mass is 392 g/mol. The number of nitrogens with one attached hydrogen (secondary N) is 1. The Labute approximate surface area is 165 Å². The van der Waals surface area contributed by atoms with Crippen LogP contribution in [0.5, 0.6) is 5.75 Å². The molecule has 0 fully saturated rings. The summed E-state index contributed by atoms with van der Waals surface area (Å²) in [5.74, 6) is 0.591. The van der Waals surface area contributed by atoms with Crippen molar-refractivity contribution in [3.8, 4) is 22.9 Å². The van der Waals surface area contributed by atoms with E-state index >= 15 is 0 Å². The van der Waals surface area contributed by atoms with E-state index in [0.29, 0.717) is 17.0 Å². The Morgan fingerprint density at radius 1 is 0.929 bits per heavy atom. The molecule has 0 unspecified atom stereocenters. The number of anilines is 1. The first kappa shape index (κ1) is 19.5. The lowest BCUT2D eigenvalue weighted by molar-refractivity contribution is 0.414. The summed E-state index contributed by atoms with van der Waals surface area (Å²) in [6.07, 6.45) is 0. The smallest absolute Gasteiger partial charge is 0.261 e. The standard InChI is InChI=1S/C22H20N2O3S/c1-15-10-19(17-4-5-18(14-23)16(2)12-17)13-20(11-15)24-28(25,26)22-8-6-21(27-3)7-9-22/h4-13,24H,1-3H3. The van der Waals surface area contributed by atoms with Crippen LogP contribution in [0.2, 0.25) is 0 Å². The van der Waals surface area contributed by atoms with Crippen LogP contribution in [0.25, 0.3) is 11.1 Å². The summed E-state index contributed by atoms with van der Waals surface area (Å²) in [5, 5.41) is 9.10. The minimum atomic E-state index is -3.72. The van der Waals surface area contributed by atoms with Gasteiger partial charge in [0.15, 0.2) is 0 Å². The number of nitriles is 1. The topological polar surface area (TPSA) is 79.2 Å². The number of methoxy groups -OCH3 is 1. The van der Waals surface area contributed by atoms with Gasteiger partial charge < -0.3 is 4.74 Å². The van der Waals surface area contributed by atoms with E-state index in [-0.39, 0.29) is 4.90 Å². The number of nitrogens with zero attached hydrogens (tertiary/aromatic N) is 1. The van der Waals surface area contributed by atoms with Gasteiger partial charge in [0.05, 0.1) is 23.6 Å². The normalized spacial score (nSPS) is 10.9. The Hall–Kier alpha value is -3.30. The molecule has 0 aliphatic rings. The van der Waals surface area contributed by atoms with Crippen LogP contribution in [0.15, 0.2) is 65.6 Å². The fourth-order valence-electron chi connectivity index (χ4n) is 2.95. The van der Waals surface area contributed by atoms with Crippen molar-refractivity contribution in [1.29, 1.82) is 5.26 Å². The summed E-state index contributed by atoms with van der Waals surface area (Å²) >= 11 is 0. The molecule has 28 heavy (non-hydrogen) atoms. The van der Waals surface area contributed by atoms with E-state index in [0.717, 1.165) is 22.3 Å². The van der Waals surface area contributed by atoms with E-state index in [1.54, 1.807) is 30.3 Å². The number of hydrogen-bond donors (Lipinski definition) is 1. The van der Waals surface area contributed by atoms with E-state index in [9.17, 15) is 8.42 Å². The molecule has 142 valence electrons. The molecule has 3 rings (SSSR count). The predicted molar refractivity (Wildman–Crippen MR) is 110 cm³/mol. The van der Waals surface area contributed by atoms with Gasteiger partial charge in [0.1, 0.15) is 5.75 Å². The van der Waals surface area contributed by atoms with Gasteiger partial charge in [-0.2, -0.15) is 5.26 Å². The second kappa shape index (κ2) is 7.75. The molecule has 0 saturated carbocycles. The van der Waals surface area contributed by atoms with E-state index in [1.165, 1.54) is 19.2 Å². The first-order chi connectivity index (χ1) is 13.3. The molecule has 0 aromatic heterocycles. The summed E-state index contributed by atoms with van der Waals surface area (Å²) < 4.78 is 33.1. The average Bonchev–Trinajstić information content (AvgIpc) is 2.67. The molecule has 0 aliphatic carbocycles. The third-order valence-electron chi connectivity index (χ3n) is 4.38. The third-order valence-corrected chi connectivity index (χ3v) is 5.78. The first-order valence-corrected chi connectivity index (χ1v) is 10.1. The van der Waals surface area contributed by atoms with Crippen molar-refractivity contribution in [3.05, 3.63) is 77.4 Å². The molecule has 1 N–H and O–H groups in total. The quantitative estimate of drug-likeness (QED) is 0.685. The molecule has 0 heterocycles. The van der Waals surface area contributed by atoms with Crippen LogP contribution in [0, 0.1) is 25.2 Å². The van der Waals surface area contributed by atoms with Crippen molar-refractivity contribution in [2.24, 2.45) is 0 Å². The fraction of sp³-hybridized carbons (Fsp3) is 0.136. The Morgan fingerprint density at radius 3 is 2.25 bits per heavy atom. The summed E-state index contributed by atoms with van der Waals surface area (Å²) in [5.41, 5.74) is 4.70. The Morgan fingerprint density at radius 2 is 1.64 bits per heavy atom. The molecule has 0 saturated heterocycles. The predicted octanol–water partition coefficient (Wildman–Crippen LogP) is 4.65. The molecule has 3 aromatic rings. The maximum atomic E-state index is 12.7. The highest BCUT2D eigenvalue weighted by atomic mass is 32.2. The van der Waals surface area contributed by atoms with Crippen molar-refractivity contribution < 1.29 is 13.2 Å². The summed E-state index contributed by atoms with van der Waals surface area (Å²) in [4.78, 5) is 0.158. The molecule has 0 spiro atoms. The molecule has 5 nitrogen and oxygen atoms in total. The number of hydrogen-bond acceptors (Lipinski definition) is 4. The van der Waals surface area contributed by atoms with Gasteiger partial charge in [0, 0.05) is 5.69 Å². The Kier molecular flexibility index (Phi) is 5.39. The molecule has 0 bridgehead atoms. The zero-order chi connectivity index (χ0) is 20.3. The van der Waals surface area contributed by atoms with E-state index in [2.05, 4.69) is 10.8 Å². The lowest BCUT2D eigenvalue weighted by Gasteiger charge is -2.12. The first-order valence-electron chi connectivity index (χ1n) is 8.62. The number of rotatable bonds is 5. The third kappa shape index (κ3) is 4.16. The summed E-state index contributed by atoms with van der Waals surface area (Å²) in [6, 6.07) is 19.5. The lowest BCUT2D eigenvalue weighted by Crippen LogP contribution is -2.13. The molecular formula is C22H20N2O3S. The van der Waals surface area contributed by atoms with Crippen LogP contribution >= 0.6 is 0 Å². The van der Waals surface area contributed by atoms with Crippen molar-refractivity contribution in [2.45, 2.75) is 18.7 Å². The second-order valence-electron chi connectivity index (χ2n) is 6.51. The van der Waals surface area contributed by atoms with Gasteiger partial charge in [0.25, 0.3) is 10.0 Å². The van der Waals surface area contributed by atoms with Gasteiger partial charge in [-0.05, 0) is 78.6 Å². The van der Waals surface area contributed by atoms with Crippen molar-refractivity contribution in [2.75, 3.05) is 11.8 Å². The van der Waals surface area contributed by atoms with Crippen molar-refractivity contribution >= 4 is 15.7 Å². The Bertz CT molecular complexity index is 1160. The maximum Gasteiger partial charge on any atom is 0.261 e. The van der Waals surface area contributed by atoms with Crippen LogP contribution < -0.4 is 9.46 Å². The van der Waals surface area contributed by atoms with Crippen LogP contribution in [0.4, 0.5) is 5.69 Å². The lowest BCUT2D eigenvalue weighted by atomic mass is 9.98. The number of aryl methyl sites for hydroxylation is 2. The number of ether oxygens (including phenoxy) is 1. The number of sulfonamides is 1. The van der Waals surface area contributed by atoms with E-state index in [1.807, 2.05) is 32.0 Å². The molecular weight excluding hydrogens is 372 g/mol. The molecule has 0 amide bonds. The highest BCUT2D eigenvalue weighted by molar-refractivity contribution is 7.92. The van der Waals surface area contributed by atoms with E-state index in [4.69, 9.17) is 10.00 Å². The number of benzene rings is 3. The van der Waals surface area contributed by atoms with Crippen LogP contribution in [-0.4, -0.2) is 15.5 Å². The molecule has 6 heteroatoms. The zero-order valence-corrected chi connectivity index (χ0v) is 16.7.